The molecule has 2 unspecified atom stereocenters. The Morgan fingerprint density at radius 2 is 2.00 bits per heavy atom. The van der Waals surface area contributed by atoms with Crippen LogP contribution < -0.4 is 5.32 Å². The number of hydrogen-bond donors (Lipinski definition) is 1. The molecule has 0 bridgehead atoms. The van der Waals surface area contributed by atoms with Crippen molar-refractivity contribution in [2.75, 3.05) is 13.1 Å². The van der Waals surface area contributed by atoms with Gasteiger partial charge in [-0.2, -0.15) is 0 Å². The largest absolute Gasteiger partial charge is 0.312 e. The van der Waals surface area contributed by atoms with Gasteiger partial charge in [0.25, 0.3) is 0 Å². The molecular weight excluding hydrogens is 208 g/mol. The van der Waals surface area contributed by atoms with Crippen molar-refractivity contribution < 1.29 is 0 Å². The van der Waals surface area contributed by atoms with Gasteiger partial charge < -0.3 is 5.32 Å². The van der Waals surface area contributed by atoms with Gasteiger partial charge in [-0.3, -0.25) is 4.90 Å². The van der Waals surface area contributed by atoms with E-state index in [0.29, 0.717) is 0 Å². The second-order valence-electron chi connectivity index (χ2n) is 6.61. The first-order valence-corrected chi connectivity index (χ1v) is 7.45. The quantitative estimate of drug-likeness (QED) is 0.792. The van der Waals surface area contributed by atoms with Crippen LogP contribution >= 0.6 is 0 Å². The van der Waals surface area contributed by atoms with Crippen LogP contribution in [0, 0.1) is 0 Å². The third-order valence-corrected chi connectivity index (χ3v) is 3.93. The maximum Gasteiger partial charge on any atom is 0.00965 e. The maximum absolute atomic E-state index is 3.60. The van der Waals surface area contributed by atoms with E-state index in [2.05, 4.69) is 44.8 Å². The minimum Gasteiger partial charge on any atom is -0.312 e. The topological polar surface area (TPSA) is 15.3 Å². The SMILES string of the molecule is CCC1CCCCN1C(C)CCNC(C)(C)C. The molecule has 0 saturated carbocycles. The van der Waals surface area contributed by atoms with Gasteiger partial charge in [0.2, 0.25) is 0 Å². The van der Waals surface area contributed by atoms with E-state index in [0.717, 1.165) is 18.6 Å². The lowest BCUT2D eigenvalue weighted by Crippen LogP contribution is -2.46. The Morgan fingerprint density at radius 3 is 2.59 bits per heavy atom. The van der Waals surface area contributed by atoms with Crippen molar-refractivity contribution in [1.29, 1.82) is 0 Å². The van der Waals surface area contributed by atoms with Crippen LogP contribution in [-0.2, 0) is 0 Å². The Morgan fingerprint density at radius 1 is 1.29 bits per heavy atom. The van der Waals surface area contributed by atoms with Gasteiger partial charge in [-0.1, -0.05) is 13.3 Å². The van der Waals surface area contributed by atoms with Crippen molar-refractivity contribution in [3.05, 3.63) is 0 Å². The molecule has 0 radical (unpaired) electrons. The van der Waals surface area contributed by atoms with Crippen LogP contribution in [0.4, 0.5) is 0 Å². The molecule has 1 aliphatic rings. The maximum atomic E-state index is 3.60. The molecule has 1 rings (SSSR count). The van der Waals surface area contributed by atoms with Gasteiger partial charge in [0.15, 0.2) is 0 Å². The Bertz CT molecular complexity index is 207. The summed E-state index contributed by atoms with van der Waals surface area (Å²) in [7, 11) is 0. The summed E-state index contributed by atoms with van der Waals surface area (Å²) in [4.78, 5) is 2.74. The molecule has 1 N–H and O–H groups in total. The monoisotopic (exact) mass is 240 g/mol. The number of likely N-dealkylation sites (tertiary alicyclic amines) is 1. The molecule has 1 fully saturated rings. The van der Waals surface area contributed by atoms with Gasteiger partial charge in [-0.25, -0.2) is 0 Å². The molecule has 0 aliphatic carbocycles. The van der Waals surface area contributed by atoms with E-state index in [9.17, 15) is 0 Å². The highest BCUT2D eigenvalue weighted by Crippen LogP contribution is 2.22. The number of nitrogens with one attached hydrogen (secondary N) is 1. The van der Waals surface area contributed by atoms with Gasteiger partial charge in [0, 0.05) is 17.6 Å². The van der Waals surface area contributed by atoms with E-state index < -0.39 is 0 Å². The smallest absolute Gasteiger partial charge is 0.00965 e. The van der Waals surface area contributed by atoms with E-state index in [1.807, 2.05) is 0 Å². The minimum atomic E-state index is 0.256. The first kappa shape index (κ1) is 15.0. The van der Waals surface area contributed by atoms with Crippen LogP contribution in [0.1, 0.15) is 66.7 Å². The predicted octanol–water partition coefficient (Wildman–Crippen LogP) is 3.42. The summed E-state index contributed by atoms with van der Waals surface area (Å²) in [6.45, 7) is 13.9. The van der Waals surface area contributed by atoms with Crippen molar-refractivity contribution in [3.8, 4) is 0 Å². The Hall–Kier alpha value is -0.0800. The Kier molecular flexibility index (Phi) is 5.94. The average molecular weight is 240 g/mol. The molecule has 2 atom stereocenters. The normalized spacial score (nSPS) is 24.9. The fourth-order valence-electron chi connectivity index (χ4n) is 2.86. The molecule has 0 aromatic heterocycles. The number of nitrogens with zero attached hydrogens (tertiary/aromatic N) is 1. The Balaban J connectivity index is 2.32. The molecule has 0 aromatic rings. The lowest BCUT2D eigenvalue weighted by molar-refractivity contribution is 0.0944. The van der Waals surface area contributed by atoms with Crippen LogP contribution in [0.15, 0.2) is 0 Å². The van der Waals surface area contributed by atoms with Crippen molar-refractivity contribution in [2.24, 2.45) is 0 Å². The van der Waals surface area contributed by atoms with Crippen LogP contribution in [0.25, 0.3) is 0 Å². The second kappa shape index (κ2) is 6.75. The second-order valence-corrected chi connectivity index (χ2v) is 6.61. The summed E-state index contributed by atoms with van der Waals surface area (Å²) in [5.41, 5.74) is 0.256. The summed E-state index contributed by atoms with van der Waals surface area (Å²) >= 11 is 0. The highest BCUT2D eigenvalue weighted by atomic mass is 15.2. The van der Waals surface area contributed by atoms with Gasteiger partial charge >= 0.3 is 0 Å². The summed E-state index contributed by atoms with van der Waals surface area (Å²) in [6, 6.07) is 1.57. The zero-order valence-electron chi connectivity index (χ0n) is 12.6. The molecule has 1 aliphatic heterocycles. The van der Waals surface area contributed by atoms with Gasteiger partial charge in [-0.15, -0.1) is 0 Å². The highest BCUT2D eigenvalue weighted by molar-refractivity contribution is 4.81. The van der Waals surface area contributed by atoms with Crippen molar-refractivity contribution in [3.63, 3.8) is 0 Å². The van der Waals surface area contributed by atoms with Gasteiger partial charge in [-0.05, 0) is 66.5 Å². The van der Waals surface area contributed by atoms with Crippen molar-refractivity contribution in [1.82, 2.24) is 10.2 Å². The number of piperidine rings is 1. The van der Waals surface area contributed by atoms with Crippen LogP contribution in [0.2, 0.25) is 0 Å². The van der Waals surface area contributed by atoms with Gasteiger partial charge in [0.05, 0.1) is 0 Å². The number of rotatable bonds is 5. The van der Waals surface area contributed by atoms with E-state index >= 15 is 0 Å². The fraction of sp³-hybridized carbons (Fsp3) is 1.00. The van der Waals surface area contributed by atoms with Crippen molar-refractivity contribution >= 4 is 0 Å². The molecular formula is C15H32N2. The molecule has 1 saturated heterocycles. The summed E-state index contributed by atoms with van der Waals surface area (Å²) in [5, 5.41) is 3.60. The fourth-order valence-corrected chi connectivity index (χ4v) is 2.86. The Labute approximate surface area is 108 Å². The zero-order chi connectivity index (χ0) is 12.9. The average Bonchev–Trinajstić information content (AvgIpc) is 2.27. The van der Waals surface area contributed by atoms with E-state index in [1.165, 1.54) is 38.6 Å². The summed E-state index contributed by atoms with van der Waals surface area (Å²) in [5.74, 6) is 0. The molecule has 2 nitrogen and oxygen atoms in total. The van der Waals surface area contributed by atoms with Crippen LogP contribution in [0.3, 0.4) is 0 Å². The van der Waals surface area contributed by atoms with E-state index in [1.54, 1.807) is 0 Å². The minimum absolute atomic E-state index is 0.256. The molecule has 0 aromatic carbocycles. The lowest BCUT2D eigenvalue weighted by Gasteiger charge is -2.40. The zero-order valence-corrected chi connectivity index (χ0v) is 12.6. The first-order valence-electron chi connectivity index (χ1n) is 7.45. The molecule has 1 heterocycles. The van der Waals surface area contributed by atoms with Crippen LogP contribution in [0.5, 0.6) is 0 Å². The standard InChI is InChI=1S/C15H32N2/c1-6-14-9-7-8-12-17(14)13(2)10-11-16-15(3,4)5/h13-14,16H,6-12H2,1-5H3. The molecule has 17 heavy (non-hydrogen) atoms. The molecule has 0 spiro atoms. The van der Waals surface area contributed by atoms with E-state index in [4.69, 9.17) is 0 Å². The highest BCUT2D eigenvalue weighted by Gasteiger charge is 2.24. The van der Waals surface area contributed by atoms with Crippen LogP contribution in [-0.4, -0.2) is 35.6 Å². The number of hydrogen-bond acceptors (Lipinski definition) is 2. The summed E-state index contributed by atoms with van der Waals surface area (Å²) < 4.78 is 0. The third-order valence-electron chi connectivity index (χ3n) is 3.93. The molecule has 2 heteroatoms. The lowest BCUT2D eigenvalue weighted by atomic mass is 9.97. The third kappa shape index (κ3) is 5.39. The molecule has 102 valence electrons. The van der Waals surface area contributed by atoms with E-state index in [-0.39, 0.29) is 5.54 Å². The first-order chi connectivity index (χ1) is 7.94. The predicted molar refractivity (Wildman–Crippen MR) is 76.5 cm³/mol. The molecule has 0 amide bonds. The van der Waals surface area contributed by atoms with Gasteiger partial charge in [0.1, 0.15) is 0 Å². The summed E-state index contributed by atoms with van der Waals surface area (Å²) in [6.07, 6.45) is 6.83. The van der Waals surface area contributed by atoms with Crippen molar-refractivity contribution in [2.45, 2.75) is 84.3 Å².